The second-order valence-electron chi connectivity index (χ2n) is 1.86. The largest absolute Gasteiger partial charge is 0.192 e. The van der Waals surface area contributed by atoms with Gasteiger partial charge in [-0.05, 0) is 50.7 Å². The molecule has 0 unspecified atom stereocenters. The first kappa shape index (κ1) is 9.30. The molecule has 1 aromatic carbocycles. The third kappa shape index (κ3) is 2.08. The maximum Gasteiger partial charge on any atom is 0.102 e. The summed E-state index contributed by atoms with van der Waals surface area (Å²) in [6.07, 6.45) is 0. The molecule has 0 fully saturated rings. The molecular formula is C7H2BrClIN. The Labute approximate surface area is 91.6 Å². The lowest BCUT2D eigenvalue weighted by Gasteiger charge is -1.98. The van der Waals surface area contributed by atoms with Crippen molar-refractivity contribution in [1.82, 2.24) is 0 Å². The lowest BCUT2D eigenvalue weighted by atomic mass is 10.2. The maximum absolute atomic E-state index is 8.62. The third-order valence-electron chi connectivity index (χ3n) is 1.12. The van der Waals surface area contributed by atoms with Gasteiger partial charge >= 0.3 is 0 Å². The highest BCUT2D eigenvalue weighted by Crippen LogP contribution is 2.26. The Hall–Kier alpha value is 0.210. The van der Waals surface area contributed by atoms with Gasteiger partial charge in [-0.3, -0.25) is 0 Å². The van der Waals surface area contributed by atoms with Crippen LogP contribution < -0.4 is 0 Å². The van der Waals surface area contributed by atoms with Gasteiger partial charge in [0.1, 0.15) is 6.07 Å². The number of nitriles is 1. The van der Waals surface area contributed by atoms with Crippen molar-refractivity contribution in [3.05, 3.63) is 30.8 Å². The van der Waals surface area contributed by atoms with E-state index in [1.165, 1.54) is 0 Å². The second kappa shape index (κ2) is 3.74. The smallest absolute Gasteiger partial charge is 0.102 e. The van der Waals surface area contributed by atoms with E-state index in [1.807, 2.05) is 12.1 Å². The molecule has 0 aliphatic rings. The van der Waals surface area contributed by atoms with E-state index >= 15 is 0 Å². The van der Waals surface area contributed by atoms with E-state index in [9.17, 15) is 0 Å². The van der Waals surface area contributed by atoms with E-state index in [2.05, 4.69) is 38.5 Å². The molecular weight excluding hydrogens is 340 g/mol. The van der Waals surface area contributed by atoms with Crippen LogP contribution in [-0.2, 0) is 0 Å². The summed E-state index contributed by atoms with van der Waals surface area (Å²) in [4.78, 5) is 0. The molecule has 0 aliphatic heterocycles. The fourth-order valence-corrected chi connectivity index (χ4v) is 2.81. The number of hydrogen-bond donors (Lipinski definition) is 0. The van der Waals surface area contributed by atoms with Crippen LogP contribution in [0.1, 0.15) is 5.56 Å². The van der Waals surface area contributed by atoms with Crippen LogP contribution in [0.5, 0.6) is 0 Å². The molecule has 0 atom stereocenters. The van der Waals surface area contributed by atoms with Crippen molar-refractivity contribution >= 4 is 50.1 Å². The van der Waals surface area contributed by atoms with Crippen LogP contribution in [0.3, 0.4) is 0 Å². The maximum atomic E-state index is 8.62. The summed E-state index contributed by atoms with van der Waals surface area (Å²) in [6.45, 7) is 0. The van der Waals surface area contributed by atoms with Gasteiger partial charge in [0.25, 0.3) is 0 Å². The summed E-state index contributed by atoms with van der Waals surface area (Å²) < 4.78 is 1.76. The van der Waals surface area contributed by atoms with Crippen LogP contribution in [0.2, 0.25) is 5.02 Å². The van der Waals surface area contributed by atoms with Crippen LogP contribution in [0.15, 0.2) is 16.6 Å². The third-order valence-corrected chi connectivity index (χ3v) is 2.67. The molecule has 0 N–H and O–H groups in total. The molecule has 0 aliphatic carbocycles. The number of benzene rings is 1. The highest BCUT2D eigenvalue weighted by Gasteiger charge is 2.04. The Kier molecular flexibility index (Phi) is 3.16. The first-order chi connectivity index (χ1) is 5.15. The van der Waals surface area contributed by atoms with E-state index < -0.39 is 0 Å². The van der Waals surface area contributed by atoms with Gasteiger partial charge in [0.2, 0.25) is 0 Å². The van der Waals surface area contributed by atoms with Crippen LogP contribution >= 0.6 is 50.1 Å². The van der Waals surface area contributed by atoms with Crippen molar-refractivity contribution in [2.45, 2.75) is 0 Å². The fourth-order valence-electron chi connectivity index (χ4n) is 0.649. The number of hydrogen-bond acceptors (Lipinski definition) is 1. The Balaban J connectivity index is 3.40. The zero-order chi connectivity index (χ0) is 8.43. The summed E-state index contributed by atoms with van der Waals surface area (Å²) in [6, 6.07) is 5.62. The van der Waals surface area contributed by atoms with Gasteiger partial charge in [0, 0.05) is 8.04 Å². The Morgan fingerprint density at radius 2 is 2.18 bits per heavy atom. The van der Waals surface area contributed by atoms with Gasteiger partial charge in [-0.15, -0.1) is 0 Å². The molecule has 0 aromatic heterocycles. The van der Waals surface area contributed by atoms with Crippen LogP contribution in [-0.4, -0.2) is 0 Å². The van der Waals surface area contributed by atoms with Crippen LogP contribution in [0.25, 0.3) is 0 Å². The Morgan fingerprint density at radius 3 is 2.64 bits per heavy atom. The molecule has 0 amide bonds. The minimum Gasteiger partial charge on any atom is -0.192 e. The summed E-state index contributed by atoms with van der Waals surface area (Å²) >= 11 is 11.2. The Morgan fingerprint density at radius 1 is 1.55 bits per heavy atom. The highest BCUT2D eigenvalue weighted by molar-refractivity contribution is 14.1. The predicted molar refractivity (Wildman–Crippen MR) is 56.6 cm³/mol. The van der Waals surface area contributed by atoms with Crippen molar-refractivity contribution in [2.75, 3.05) is 0 Å². The SMILES string of the molecule is N#Cc1c(Cl)cc(I)cc1Br. The minimum absolute atomic E-state index is 0.492. The van der Waals surface area contributed by atoms with Gasteiger partial charge in [0.15, 0.2) is 0 Å². The van der Waals surface area contributed by atoms with Crippen molar-refractivity contribution in [3.8, 4) is 6.07 Å². The van der Waals surface area contributed by atoms with Crippen molar-refractivity contribution in [1.29, 1.82) is 5.26 Å². The normalized spacial score (nSPS) is 9.27. The van der Waals surface area contributed by atoms with E-state index in [0.717, 1.165) is 8.04 Å². The van der Waals surface area contributed by atoms with Crippen molar-refractivity contribution in [3.63, 3.8) is 0 Å². The first-order valence-corrected chi connectivity index (χ1v) is 4.94. The van der Waals surface area contributed by atoms with Gasteiger partial charge in [-0.25, -0.2) is 0 Å². The monoisotopic (exact) mass is 341 g/mol. The van der Waals surface area contributed by atoms with Crippen molar-refractivity contribution in [2.24, 2.45) is 0 Å². The molecule has 0 saturated heterocycles. The Bertz CT molecular complexity index is 309. The predicted octanol–water partition coefficient (Wildman–Crippen LogP) is 3.58. The summed E-state index contributed by atoms with van der Waals surface area (Å²) in [7, 11) is 0. The second-order valence-corrected chi connectivity index (χ2v) is 4.36. The molecule has 1 aromatic rings. The quantitative estimate of drug-likeness (QED) is 0.661. The number of rotatable bonds is 0. The average molecular weight is 342 g/mol. The lowest BCUT2D eigenvalue weighted by Crippen LogP contribution is -1.81. The van der Waals surface area contributed by atoms with E-state index in [4.69, 9.17) is 16.9 Å². The van der Waals surface area contributed by atoms with Crippen LogP contribution in [0.4, 0.5) is 0 Å². The fraction of sp³-hybridized carbons (Fsp3) is 0. The standard InChI is InChI=1S/C7H2BrClIN/c8-6-1-4(10)2-7(9)5(6)3-11/h1-2H. The molecule has 1 rings (SSSR count). The topological polar surface area (TPSA) is 23.8 Å². The lowest BCUT2D eigenvalue weighted by molar-refractivity contribution is 1.45. The number of halogens is 3. The summed E-state index contributed by atoms with van der Waals surface area (Å²) in [5.74, 6) is 0. The van der Waals surface area contributed by atoms with E-state index in [1.54, 1.807) is 6.07 Å². The summed E-state index contributed by atoms with van der Waals surface area (Å²) in [5, 5.41) is 9.12. The summed E-state index contributed by atoms with van der Waals surface area (Å²) in [5.41, 5.74) is 0.493. The first-order valence-electron chi connectivity index (χ1n) is 2.70. The molecule has 0 saturated carbocycles. The molecule has 0 bridgehead atoms. The molecule has 0 heterocycles. The zero-order valence-electron chi connectivity index (χ0n) is 5.24. The number of nitrogens with zero attached hydrogens (tertiary/aromatic N) is 1. The molecule has 0 spiro atoms. The van der Waals surface area contributed by atoms with Gasteiger partial charge in [-0.2, -0.15) is 5.26 Å². The van der Waals surface area contributed by atoms with E-state index in [-0.39, 0.29) is 0 Å². The molecule has 11 heavy (non-hydrogen) atoms. The minimum atomic E-state index is 0.492. The molecule has 1 nitrogen and oxygen atoms in total. The van der Waals surface area contributed by atoms with E-state index in [0.29, 0.717) is 10.6 Å². The zero-order valence-corrected chi connectivity index (χ0v) is 9.74. The van der Waals surface area contributed by atoms with Crippen molar-refractivity contribution < 1.29 is 0 Å². The molecule has 0 radical (unpaired) electrons. The molecule has 56 valence electrons. The van der Waals surface area contributed by atoms with Gasteiger partial charge in [0.05, 0.1) is 10.6 Å². The van der Waals surface area contributed by atoms with Crippen LogP contribution in [0, 0.1) is 14.9 Å². The molecule has 4 heteroatoms. The van der Waals surface area contributed by atoms with Gasteiger partial charge in [-0.1, -0.05) is 11.6 Å². The average Bonchev–Trinajstić information content (AvgIpc) is 1.85. The highest BCUT2D eigenvalue weighted by atomic mass is 127. The van der Waals surface area contributed by atoms with Gasteiger partial charge < -0.3 is 0 Å².